The lowest BCUT2D eigenvalue weighted by molar-refractivity contribution is 0.109. The van der Waals surface area contributed by atoms with E-state index < -0.39 is 6.10 Å². The van der Waals surface area contributed by atoms with Crippen molar-refractivity contribution in [2.24, 2.45) is 0 Å². The first-order chi connectivity index (χ1) is 11.8. The first kappa shape index (κ1) is 16.8. The molecular weight excluding hydrogens is 300 g/mol. The summed E-state index contributed by atoms with van der Waals surface area (Å²) < 4.78 is 5.74. The molecule has 128 valence electrons. The standard InChI is InChI=1S/C20H26N2O2/c1-2-24-20-11-7-6-10-18(20)22-14-12-21(13-15-22)16-19(23)17-8-4-3-5-9-17/h3-11,19,23H,2,12-16H2,1H3. The fraction of sp³-hybridized carbons (Fsp3) is 0.400. The molecule has 1 fully saturated rings. The summed E-state index contributed by atoms with van der Waals surface area (Å²) in [6, 6.07) is 18.1. The molecule has 1 heterocycles. The van der Waals surface area contributed by atoms with Crippen LogP contribution < -0.4 is 9.64 Å². The van der Waals surface area contributed by atoms with Crippen LogP contribution in [0, 0.1) is 0 Å². The summed E-state index contributed by atoms with van der Waals surface area (Å²) in [6.45, 7) is 7.18. The minimum atomic E-state index is -0.423. The van der Waals surface area contributed by atoms with Gasteiger partial charge in [-0.1, -0.05) is 42.5 Å². The number of hydrogen-bond donors (Lipinski definition) is 1. The van der Waals surface area contributed by atoms with Crippen molar-refractivity contribution in [2.75, 3.05) is 44.2 Å². The highest BCUT2D eigenvalue weighted by Gasteiger charge is 2.21. The van der Waals surface area contributed by atoms with Crippen molar-refractivity contribution >= 4 is 5.69 Å². The van der Waals surface area contributed by atoms with Crippen LogP contribution in [0.4, 0.5) is 5.69 Å². The second-order valence-electron chi connectivity index (χ2n) is 6.11. The van der Waals surface area contributed by atoms with Crippen LogP contribution in [0.1, 0.15) is 18.6 Å². The smallest absolute Gasteiger partial charge is 0.142 e. The first-order valence-electron chi connectivity index (χ1n) is 8.70. The van der Waals surface area contributed by atoms with Gasteiger partial charge < -0.3 is 14.7 Å². The zero-order valence-corrected chi connectivity index (χ0v) is 14.3. The van der Waals surface area contributed by atoms with Crippen molar-refractivity contribution in [3.63, 3.8) is 0 Å². The molecule has 1 aliphatic heterocycles. The summed E-state index contributed by atoms with van der Waals surface area (Å²) >= 11 is 0. The minimum absolute atomic E-state index is 0.423. The SMILES string of the molecule is CCOc1ccccc1N1CCN(CC(O)c2ccccc2)CC1. The highest BCUT2D eigenvalue weighted by molar-refractivity contribution is 5.58. The fourth-order valence-electron chi connectivity index (χ4n) is 3.19. The Morgan fingerprint density at radius 3 is 2.33 bits per heavy atom. The lowest BCUT2D eigenvalue weighted by Crippen LogP contribution is -2.47. The molecule has 0 bridgehead atoms. The van der Waals surface area contributed by atoms with Crippen LogP contribution in [0.5, 0.6) is 5.75 Å². The second-order valence-corrected chi connectivity index (χ2v) is 6.11. The highest BCUT2D eigenvalue weighted by Crippen LogP contribution is 2.29. The van der Waals surface area contributed by atoms with Gasteiger partial charge in [-0.15, -0.1) is 0 Å². The molecule has 2 aromatic carbocycles. The number of aliphatic hydroxyl groups excluding tert-OH is 1. The number of nitrogens with zero attached hydrogens (tertiary/aromatic N) is 2. The molecule has 0 aromatic heterocycles. The number of β-amino-alcohol motifs (C(OH)–C–C–N with tert-alkyl or cyclic N) is 1. The number of hydrogen-bond acceptors (Lipinski definition) is 4. The van der Waals surface area contributed by atoms with Gasteiger partial charge >= 0.3 is 0 Å². The Balaban J connectivity index is 1.56. The van der Waals surface area contributed by atoms with E-state index in [1.54, 1.807) is 0 Å². The molecule has 0 aliphatic carbocycles. The third-order valence-corrected chi connectivity index (χ3v) is 4.49. The molecule has 3 rings (SSSR count). The first-order valence-corrected chi connectivity index (χ1v) is 8.70. The number of aliphatic hydroxyl groups is 1. The van der Waals surface area contributed by atoms with E-state index in [0.29, 0.717) is 13.2 Å². The summed E-state index contributed by atoms with van der Waals surface area (Å²) in [5.41, 5.74) is 2.16. The Morgan fingerprint density at radius 1 is 0.958 bits per heavy atom. The molecule has 0 saturated carbocycles. The predicted octanol–water partition coefficient (Wildman–Crippen LogP) is 2.94. The van der Waals surface area contributed by atoms with E-state index in [2.05, 4.69) is 21.9 Å². The van der Waals surface area contributed by atoms with Gasteiger partial charge in [-0.2, -0.15) is 0 Å². The van der Waals surface area contributed by atoms with Crippen molar-refractivity contribution in [3.05, 3.63) is 60.2 Å². The van der Waals surface area contributed by atoms with Crippen LogP contribution in [-0.2, 0) is 0 Å². The van der Waals surface area contributed by atoms with Crippen molar-refractivity contribution < 1.29 is 9.84 Å². The van der Waals surface area contributed by atoms with Crippen LogP contribution >= 0.6 is 0 Å². The van der Waals surface area contributed by atoms with Crippen LogP contribution in [0.25, 0.3) is 0 Å². The Kier molecular flexibility index (Phi) is 5.72. The Hall–Kier alpha value is -2.04. The molecule has 0 amide bonds. The predicted molar refractivity (Wildman–Crippen MR) is 97.7 cm³/mol. The molecule has 1 aliphatic rings. The van der Waals surface area contributed by atoms with Gasteiger partial charge in [0.15, 0.2) is 0 Å². The molecule has 24 heavy (non-hydrogen) atoms. The van der Waals surface area contributed by atoms with E-state index in [1.807, 2.05) is 49.4 Å². The quantitative estimate of drug-likeness (QED) is 0.885. The average Bonchev–Trinajstić information content (AvgIpc) is 2.64. The van der Waals surface area contributed by atoms with Crippen molar-refractivity contribution in [2.45, 2.75) is 13.0 Å². The van der Waals surface area contributed by atoms with Gasteiger partial charge in [0.2, 0.25) is 0 Å². The van der Waals surface area contributed by atoms with E-state index >= 15 is 0 Å². The maximum Gasteiger partial charge on any atom is 0.142 e. The normalized spacial score (nSPS) is 16.8. The number of benzene rings is 2. The van der Waals surface area contributed by atoms with Crippen LogP contribution in [0.3, 0.4) is 0 Å². The van der Waals surface area contributed by atoms with E-state index in [9.17, 15) is 5.11 Å². The number of piperazine rings is 1. The maximum absolute atomic E-state index is 10.4. The molecule has 1 saturated heterocycles. The molecule has 2 aromatic rings. The molecule has 4 nitrogen and oxygen atoms in total. The van der Waals surface area contributed by atoms with E-state index in [4.69, 9.17) is 4.74 Å². The Morgan fingerprint density at radius 2 is 1.62 bits per heavy atom. The van der Waals surface area contributed by atoms with E-state index in [0.717, 1.165) is 37.5 Å². The summed E-state index contributed by atoms with van der Waals surface area (Å²) in [5.74, 6) is 0.956. The van der Waals surface area contributed by atoms with Crippen LogP contribution in [-0.4, -0.2) is 49.3 Å². The third-order valence-electron chi connectivity index (χ3n) is 4.49. The Labute approximate surface area is 144 Å². The summed E-state index contributed by atoms with van der Waals surface area (Å²) in [7, 11) is 0. The van der Waals surface area contributed by atoms with E-state index in [1.165, 1.54) is 5.69 Å². The molecule has 1 unspecified atom stereocenters. The zero-order chi connectivity index (χ0) is 16.8. The lowest BCUT2D eigenvalue weighted by atomic mass is 10.1. The maximum atomic E-state index is 10.4. The molecular formula is C20H26N2O2. The van der Waals surface area contributed by atoms with E-state index in [-0.39, 0.29) is 0 Å². The summed E-state index contributed by atoms with van der Waals surface area (Å²) in [4.78, 5) is 4.70. The molecule has 4 heteroatoms. The van der Waals surface area contributed by atoms with Gasteiger partial charge in [-0.25, -0.2) is 0 Å². The van der Waals surface area contributed by atoms with Gasteiger partial charge in [-0.05, 0) is 24.6 Å². The largest absolute Gasteiger partial charge is 0.492 e. The van der Waals surface area contributed by atoms with Gasteiger partial charge in [0.05, 0.1) is 18.4 Å². The van der Waals surface area contributed by atoms with Gasteiger partial charge in [0.25, 0.3) is 0 Å². The Bertz CT molecular complexity index is 625. The minimum Gasteiger partial charge on any atom is -0.492 e. The fourth-order valence-corrected chi connectivity index (χ4v) is 3.19. The molecule has 1 atom stereocenters. The molecule has 0 spiro atoms. The topological polar surface area (TPSA) is 35.9 Å². The van der Waals surface area contributed by atoms with Gasteiger partial charge in [-0.3, -0.25) is 4.90 Å². The number of anilines is 1. The number of para-hydroxylation sites is 2. The lowest BCUT2D eigenvalue weighted by Gasteiger charge is -2.37. The molecule has 0 radical (unpaired) electrons. The van der Waals surface area contributed by atoms with Crippen molar-refractivity contribution in [1.29, 1.82) is 0 Å². The van der Waals surface area contributed by atoms with Crippen LogP contribution in [0.15, 0.2) is 54.6 Å². The van der Waals surface area contributed by atoms with Gasteiger partial charge in [0, 0.05) is 32.7 Å². The summed E-state index contributed by atoms with van der Waals surface area (Å²) in [5, 5.41) is 10.4. The summed E-state index contributed by atoms with van der Waals surface area (Å²) in [6.07, 6.45) is -0.423. The zero-order valence-electron chi connectivity index (χ0n) is 14.3. The highest BCUT2D eigenvalue weighted by atomic mass is 16.5. The average molecular weight is 326 g/mol. The number of rotatable bonds is 6. The second kappa shape index (κ2) is 8.18. The van der Waals surface area contributed by atoms with Gasteiger partial charge in [0.1, 0.15) is 5.75 Å². The van der Waals surface area contributed by atoms with Crippen molar-refractivity contribution in [3.8, 4) is 5.75 Å². The monoisotopic (exact) mass is 326 g/mol. The van der Waals surface area contributed by atoms with Crippen LogP contribution in [0.2, 0.25) is 0 Å². The third kappa shape index (κ3) is 4.08. The molecule has 1 N–H and O–H groups in total. The number of ether oxygens (including phenoxy) is 1. The van der Waals surface area contributed by atoms with Crippen molar-refractivity contribution in [1.82, 2.24) is 4.90 Å².